The maximum Gasteiger partial charge on any atom is 1.00 e. The maximum absolute atomic E-state index is 14.7. The molecule has 3 saturated heterocycles. The Hall–Kier alpha value is -7.49. The topological polar surface area (TPSA) is 475 Å². The molecule has 0 aliphatic carbocycles. The molecule has 35 heteroatoms. The zero-order valence-corrected chi connectivity index (χ0v) is 56.0. The van der Waals surface area contributed by atoms with Crippen molar-refractivity contribution in [3.63, 3.8) is 0 Å². The fraction of sp³-hybridized carbons (Fsp3) is 0.443. The Morgan fingerprint density at radius 2 is 1.34 bits per heavy atom. The molecule has 1 aromatic heterocycles. The van der Waals surface area contributed by atoms with Crippen LogP contribution in [-0.2, 0) is 58.8 Å². The first kappa shape index (κ1) is 75.9. The number of nitrogens with zero attached hydrogens (tertiary/aromatic N) is 4. The Bertz CT molecular complexity index is 3490. The monoisotopic (exact) mass is 1380 g/mol. The van der Waals surface area contributed by atoms with Crippen LogP contribution < -0.4 is 76.1 Å². The molecule has 4 heterocycles. The van der Waals surface area contributed by atoms with Gasteiger partial charge in [-0.3, -0.25) is 43.4 Å². The summed E-state index contributed by atoms with van der Waals surface area (Å²) in [6.45, 7) is 2.61. The number of aliphatic hydroxyl groups excluding tert-OH is 6. The number of aliphatic hydroxyl groups is 6. The molecule has 512 valence electrons. The van der Waals surface area contributed by atoms with Gasteiger partial charge in [0.15, 0.2) is 11.5 Å². The minimum absolute atomic E-state index is 0. The van der Waals surface area contributed by atoms with Gasteiger partial charge < -0.3 is 102 Å². The van der Waals surface area contributed by atoms with Gasteiger partial charge in [-0.25, -0.2) is 0 Å². The summed E-state index contributed by atoms with van der Waals surface area (Å²) in [5.41, 5.74) is 8.73. The molecule has 32 nitrogen and oxygen atoms in total. The molecule has 8 rings (SSSR count). The second kappa shape index (κ2) is 35.7. The average molecular weight is 1390 g/mol. The van der Waals surface area contributed by atoms with E-state index in [1.165, 1.54) is 36.5 Å². The van der Waals surface area contributed by atoms with Gasteiger partial charge in [-0.1, -0.05) is 72.9 Å². The second-order valence-electron chi connectivity index (χ2n) is 22.8. The molecule has 0 saturated carbocycles. The van der Waals surface area contributed by atoms with Crippen molar-refractivity contribution >= 4 is 70.9 Å². The van der Waals surface area contributed by atoms with Crippen molar-refractivity contribution in [2.24, 2.45) is 11.7 Å². The van der Waals surface area contributed by atoms with Gasteiger partial charge >= 0.3 is 29.6 Å². The molecule has 0 spiro atoms. The molecule has 0 radical (unpaired) electrons. The molecule has 96 heavy (non-hydrogen) atoms. The van der Waals surface area contributed by atoms with Gasteiger partial charge in [0.05, 0.1) is 62.9 Å². The minimum atomic E-state index is -2.23. The molecular formula is C61H73N10NaO22S2. The number of nitrogens with one attached hydrogen (secondary N) is 5. The van der Waals surface area contributed by atoms with E-state index < -0.39 is 177 Å². The second-order valence-corrected chi connectivity index (χ2v) is 24.2. The van der Waals surface area contributed by atoms with Crippen molar-refractivity contribution in [3.8, 4) is 49.5 Å². The van der Waals surface area contributed by atoms with Crippen LogP contribution in [0.5, 0.6) is 17.2 Å². The molecule has 14 N–H and O–H groups in total. The summed E-state index contributed by atoms with van der Waals surface area (Å²) in [7, 11) is 1.60. The quantitative estimate of drug-likeness (QED) is 0.00953. The Kier molecular flexibility index (Phi) is 28.2. The summed E-state index contributed by atoms with van der Waals surface area (Å²) in [6.07, 6.45) is -13.7. The Morgan fingerprint density at radius 1 is 0.740 bits per heavy atom. The largest absolute Gasteiger partial charge is 1.00 e. The predicted molar refractivity (Wildman–Crippen MR) is 332 cm³/mol. The molecule has 4 aromatic carbocycles. The van der Waals surface area contributed by atoms with E-state index in [4.69, 9.17) is 24.1 Å². The number of aromatic nitrogens is 2. The third kappa shape index (κ3) is 19.9. The first-order valence-electron chi connectivity index (χ1n) is 29.9. The van der Waals surface area contributed by atoms with Crippen LogP contribution in [0.15, 0.2) is 91.0 Å². The summed E-state index contributed by atoms with van der Waals surface area (Å²) in [5.74, 6) is -10.5. The molecule has 8 amide bonds. The van der Waals surface area contributed by atoms with Crippen LogP contribution in [0.2, 0.25) is 0 Å². The maximum atomic E-state index is 14.7. The minimum Gasteiger partial charge on any atom is -0.691 e. The molecule has 12 unspecified atom stereocenters. The van der Waals surface area contributed by atoms with Crippen molar-refractivity contribution in [2.45, 2.75) is 112 Å². The number of methoxy groups -OCH3 is 1. The summed E-state index contributed by atoms with van der Waals surface area (Å²) in [5, 5.41) is 114. The summed E-state index contributed by atoms with van der Waals surface area (Å²) < 4.78 is 25.3. The summed E-state index contributed by atoms with van der Waals surface area (Å²) >= 11 is 1.27. The van der Waals surface area contributed by atoms with Crippen molar-refractivity contribution in [2.75, 3.05) is 53.2 Å². The number of hydrogen-bond acceptors (Lipinski definition) is 26. The zero-order valence-electron chi connectivity index (χ0n) is 52.4. The van der Waals surface area contributed by atoms with Crippen LogP contribution in [0, 0.1) is 5.92 Å². The van der Waals surface area contributed by atoms with E-state index in [9.17, 15) is 79.4 Å². The van der Waals surface area contributed by atoms with E-state index in [1.54, 1.807) is 19.2 Å². The number of amides is 8. The van der Waals surface area contributed by atoms with Gasteiger partial charge in [0.25, 0.3) is 18.2 Å². The summed E-state index contributed by atoms with van der Waals surface area (Å²) in [6, 6.07) is 13.1. The first-order chi connectivity index (χ1) is 45.4. The standard InChI is InChI=1S/C61H74N10O22S2.Na/c1-30-28-71-51(52(30)79)57(84)63-27-38(73)24-41(64-53(80)35-7-11-37(12-8-35)59-69-68-58(94-59)36-9-5-33(6-10-36)34-13-15-40(16-14-34)90-21-20-89-19-18-88-3)54(81)65-48(31(2)72)60(85)70-29-39(74)25-42(70)55(82)66-49(56(83)67-50(61(71)86)45(77)26-47(62)78)44(76)22-32-4-17-43(75)46(23-32)91-95-93-92-87;/h4-17,23,30-31,38-39,41-42,44-45,48-52,72-77,79,87H,18-22,24-29H2,1-3H3,(H2,62,78)(H,63,84)(H,64,80)(H,65,81)(H,66,82)(H,67,83);/q;+1/p-1/t30?,31?,38?,39?,41-,42?,44?,45?,48?,49?,50?,51?,52?;/m0./s1. The SMILES string of the molecule is COCCOCCOc1ccc(-c2ccc(-c3nnc(-c4ccc(C(=O)N[C@H]5CC(O)CNC(=O)C6C(O)C(C)CN6C(=O)C(C(O)CC(N)=O)NC(=O)C(C(O)Cc6ccc(O)c(OSOO[O-])c6)NC(=O)C6CC(O)CN6C(=O)C(C(C)O)NC5=O)cc4)s3)cc2)cc1.[Na+]. The molecule has 0 bridgehead atoms. The van der Waals surface area contributed by atoms with E-state index in [0.717, 1.165) is 45.5 Å². The number of primary amides is 1. The number of ether oxygens (including phenoxy) is 3. The third-order valence-electron chi connectivity index (χ3n) is 15.9. The smallest absolute Gasteiger partial charge is 0.691 e. The Balaban J connectivity index is 0.0000130. The number of carbonyl (C=O) groups excluding carboxylic acids is 8. The Labute approximate surface area is 579 Å². The van der Waals surface area contributed by atoms with Crippen LogP contribution >= 0.6 is 23.7 Å². The zero-order chi connectivity index (χ0) is 68.6. The molecular weight excluding hydrogens is 1310 g/mol. The number of phenols is 1. The van der Waals surface area contributed by atoms with Crippen molar-refractivity contribution in [3.05, 3.63) is 102 Å². The first-order valence-corrected chi connectivity index (χ1v) is 31.4. The van der Waals surface area contributed by atoms with E-state index in [1.807, 2.05) is 48.5 Å². The molecule has 13 atom stereocenters. The molecule has 3 aliphatic rings. The Morgan fingerprint density at radius 3 is 1.98 bits per heavy atom. The fourth-order valence-electron chi connectivity index (χ4n) is 10.9. The van der Waals surface area contributed by atoms with E-state index >= 15 is 0 Å². The average Bonchev–Trinajstić information content (AvgIpc) is 1.70. The van der Waals surface area contributed by atoms with Crippen LogP contribution in [0.1, 0.15) is 49.0 Å². The summed E-state index contributed by atoms with van der Waals surface area (Å²) in [4.78, 5) is 115. The number of β-amino-alcohol motifs (C(OH)–C–C–N with tert-alkyl or cyclic N) is 1. The van der Waals surface area contributed by atoms with Crippen LogP contribution in [0.4, 0.5) is 0 Å². The van der Waals surface area contributed by atoms with Crippen molar-refractivity contribution in [1.29, 1.82) is 0 Å². The number of nitrogens with two attached hydrogens (primary N) is 1. The van der Waals surface area contributed by atoms with Crippen LogP contribution in [0.3, 0.4) is 0 Å². The number of phenolic OH excluding ortho intramolecular Hbond substituents is 1. The van der Waals surface area contributed by atoms with Gasteiger partial charge in [-0.2, -0.15) is 0 Å². The molecule has 3 fully saturated rings. The van der Waals surface area contributed by atoms with Gasteiger partial charge in [-0.05, 0) is 60.0 Å². The van der Waals surface area contributed by atoms with Gasteiger partial charge in [-0.15, -0.1) is 14.5 Å². The van der Waals surface area contributed by atoms with Crippen LogP contribution in [0.25, 0.3) is 32.3 Å². The van der Waals surface area contributed by atoms with Crippen molar-refractivity contribution in [1.82, 2.24) is 46.6 Å². The number of aromatic hydroxyl groups is 1. The van der Waals surface area contributed by atoms with Crippen molar-refractivity contribution < 1.29 is 137 Å². The van der Waals surface area contributed by atoms with Crippen LogP contribution in [-0.4, -0.2) is 229 Å². The number of hydrogen-bond donors (Lipinski definition) is 13. The molecule has 5 aromatic rings. The normalized spacial score (nSPS) is 23.9. The van der Waals surface area contributed by atoms with E-state index in [2.05, 4.69) is 46.2 Å². The fourth-order valence-corrected chi connectivity index (χ4v) is 12.0. The number of carbonyl (C=O) groups is 8. The van der Waals surface area contributed by atoms with Gasteiger partial charge in [0.2, 0.25) is 41.4 Å². The number of rotatable bonds is 23. The van der Waals surface area contributed by atoms with Gasteiger partial charge in [0, 0.05) is 68.6 Å². The number of benzene rings is 4. The van der Waals surface area contributed by atoms with E-state index in [0.29, 0.717) is 47.8 Å². The number of fused-ring (bicyclic) bond motifs is 2. The molecule has 3 aliphatic heterocycles. The third-order valence-corrected chi connectivity index (χ3v) is 17.3. The predicted octanol–water partition coefficient (Wildman–Crippen LogP) is -5.72. The van der Waals surface area contributed by atoms with E-state index in [-0.39, 0.29) is 58.8 Å². The van der Waals surface area contributed by atoms with Gasteiger partial charge in [0.1, 0.15) is 58.6 Å².